The van der Waals surface area contributed by atoms with Crippen molar-refractivity contribution in [3.05, 3.63) is 53.7 Å². The quantitative estimate of drug-likeness (QED) is 0.234. The Hall–Kier alpha value is -3.12. The first-order valence-corrected chi connectivity index (χ1v) is 14.8. The summed E-state index contributed by atoms with van der Waals surface area (Å²) in [5, 5.41) is 9.88. The molecular formula is C27H35ClN6O4S. The third-order valence-corrected chi connectivity index (χ3v) is 8.02. The molecule has 3 aromatic rings. The topological polar surface area (TPSA) is 126 Å². The summed E-state index contributed by atoms with van der Waals surface area (Å²) in [6, 6.07) is 12.4. The van der Waals surface area contributed by atoms with Crippen LogP contribution in [0, 0.1) is 5.92 Å². The second-order valence-electron chi connectivity index (χ2n) is 9.77. The molecule has 2 aromatic carbocycles. The Morgan fingerprint density at radius 1 is 1.13 bits per heavy atom. The lowest BCUT2D eigenvalue weighted by Gasteiger charge is -2.22. The lowest BCUT2D eigenvalue weighted by molar-refractivity contribution is 0.179. The highest BCUT2D eigenvalue weighted by atomic mass is 35.5. The molecule has 0 bridgehead atoms. The van der Waals surface area contributed by atoms with Gasteiger partial charge in [-0.2, -0.15) is 4.98 Å². The fourth-order valence-electron chi connectivity index (χ4n) is 4.18. The average molecular weight is 575 g/mol. The summed E-state index contributed by atoms with van der Waals surface area (Å²) < 4.78 is 40.2. The van der Waals surface area contributed by atoms with Gasteiger partial charge in [0, 0.05) is 18.7 Å². The molecule has 0 aliphatic carbocycles. The zero-order valence-electron chi connectivity index (χ0n) is 22.5. The number of anilines is 4. The molecule has 1 saturated heterocycles. The number of hydrogen-bond donors (Lipinski definition) is 4. The van der Waals surface area contributed by atoms with E-state index in [0.29, 0.717) is 35.5 Å². The largest absolute Gasteiger partial charge is 0.494 e. The molecule has 10 nitrogen and oxygen atoms in total. The summed E-state index contributed by atoms with van der Waals surface area (Å²) in [6.45, 7) is 7.26. The van der Waals surface area contributed by atoms with E-state index in [2.05, 4.69) is 37.6 Å². The number of aromatic nitrogens is 2. The zero-order chi connectivity index (χ0) is 28.0. The van der Waals surface area contributed by atoms with Crippen molar-refractivity contribution in [3.63, 3.8) is 0 Å². The molecule has 39 heavy (non-hydrogen) atoms. The van der Waals surface area contributed by atoms with Crippen LogP contribution >= 0.6 is 11.6 Å². The van der Waals surface area contributed by atoms with E-state index in [9.17, 15) is 8.42 Å². The van der Waals surface area contributed by atoms with Crippen LogP contribution < -0.4 is 30.1 Å². The number of nitrogens with one attached hydrogen (secondary N) is 4. The highest BCUT2D eigenvalue weighted by molar-refractivity contribution is 7.89. The number of methoxy groups -OCH3 is 1. The second kappa shape index (κ2) is 12.8. The van der Waals surface area contributed by atoms with Gasteiger partial charge >= 0.3 is 0 Å². The first-order chi connectivity index (χ1) is 18.7. The second-order valence-corrected chi connectivity index (χ2v) is 11.9. The van der Waals surface area contributed by atoms with Crippen molar-refractivity contribution in [1.82, 2.24) is 20.0 Å². The number of sulfonamides is 1. The van der Waals surface area contributed by atoms with Gasteiger partial charge in [0.1, 0.15) is 27.5 Å². The van der Waals surface area contributed by atoms with E-state index in [1.54, 1.807) is 25.3 Å². The summed E-state index contributed by atoms with van der Waals surface area (Å²) in [7, 11) is -2.18. The number of para-hydroxylation sites is 1. The van der Waals surface area contributed by atoms with Crippen LogP contribution in [0.25, 0.3) is 0 Å². The number of halogens is 1. The molecule has 0 saturated carbocycles. The molecule has 2 atom stereocenters. The van der Waals surface area contributed by atoms with Gasteiger partial charge in [0.15, 0.2) is 5.82 Å². The highest BCUT2D eigenvalue weighted by Gasteiger charge is 2.23. The van der Waals surface area contributed by atoms with Crippen LogP contribution in [-0.4, -0.2) is 50.7 Å². The van der Waals surface area contributed by atoms with E-state index >= 15 is 0 Å². The molecular weight excluding hydrogens is 540 g/mol. The van der Waals surface area contributed by atoms with Crippen LogP contribution in [0.3, 0.4) is 0 Å². The molecule has 210 valence electrons. The molecule has 1 aromatic heterocycles. The minimum Gasteiger partial charge on any atom is -0.494 e. The smallest absolute Gasteiger partial charge is 0.242 e. The Kier molecular flexibility index (Phi) is 9.49. The summed E-state index contributed by atoms with van der Waals surface area (Å²) in [5.41, 5.74) is 0.968. The van der Waals surface area contributed by atoms with E-state index in [0.717, 1.165) is 19.4 Å². The fourth-order valence-corrected chi connectivity index (χ4v) is 5.69. The maximum absolute atomic E-state index is 12.9. The van der Waals surface area contributed by atoms with Crippen LogP contribution in [-0.2, 0) is 10.0 Å². The molecule has 0 radical (unpaired) electrons. The van der Waals surface area contributed by atoms with Crippen molar-refractivity contribution in [3.8, 4) is 11.5 Å². The molecule has 4 N–H and O–H groups in total. The lowest BCUT2D eigenvalue weighted by atomic mass is 10.1. The van der Waals surface area contributed by atoms with Gasteiger partial charge < -0.3 is 25.4 Å². The van der Waals surface area contributed by atoms with E-state index in [4.69, 9.17) is 21.1 Å². The number of hydrogen-bond acceptors (Lipinski definition) is 9. The Morgan fingerprint density at radius 2 is 1.92 bits per heavy atom. The van der Waals surface area contributed by atoms with Gasteiger partial charge in [-0.1, -0.05) is 37.6 Å². The van der Waals surface area contributed by atoms with E-state index in [1.165, 1.54) is 12.3 Å². The molecule has 0 amide bonds. The fraction of sp³-hybridized carbons (Fsp3) is 0.407. The van der Waals surface area contributed by atoms with Crippen LogP contribution in [0.4, 0.5) is 23.1 Å². The highest BCUT2D eigenvalue weighted by Crippen LogP contribution is 2.33. The zero-order valence-corrected chi connectivity index (χ0v) is 24.1. The van der Waals surface area contributed by atoms with Crippen molar-refractivity contribution in [2.45, 2.75) is 50.7 Å². The minimum absolute atomic E-state index is 0.0245. The minimum atomic E-state index is -3.75. The van der Waals surface area contributed by atoms with Crippen molar-refractivity contribution in [2.75, 3.05) is 30.8 Å². The van der Waals surface area contributed by atoms with Gasteiger partial charge in [-0.25, -0.2) is 18.1 Å². The van der Waals surface area contributed by atoms with Crippen LogP contribution in [0.15, 0.2) is 53.6 Å². The monoisotopic (exact) mass is 574 g/mol. The van der Waals surface area contributed by atoms with Crippen LogP contribution in [0.1, 0.15) is 33.6 Å². The van der Waals surface area contributed by atoms with Gasteiger partial charge in [0.2, 0.25) is 16.0 Å². The van der Waals surface area contributed by atoms with E-state index in [1.807, 2.05) is 32.0 Å². The normalized spacial score (nSPS) is 16.2. The Balaban J connectivity index is 1.52. The molecule has 1 unspecified atom stereocenters. The molecule has 1 aliphatic heterocycles. The molecule has 1 fully saturated rings. The van der Waals surface area contributed by atoms with Gasteiger partial charge in [0.05, 0.1) is 24.7 Å². The number of ether oxygens (including phenoxy) is 2. The van der Waals surface area contributed by atoms with Crippen LogP contribution in [0.5, 0.6) is 11.5 Å². The number of nitrogens with zero attached hydrogens (tertiary/aromatic N) is 2. The maximum atomic E-state index is 12.9. The predicted molar refractivity (Wildman–Crippen MR) is 154 cm³/mol. The van der Waals surface area contributed by atoms with Gasteiger partial charge in [-0.05, 0) is 56.5 Å². The van der Waals surface area contributed by atoms with Crippen molar-refractivity contribution in [1.29, 1.82) is 0 Å². The lowest BCUT2D eigenvalue weighted by Crippen LogP contribution is -2.36. The third kappa shape index (κ3) is 7.51. The molecule has 2 heterocycles. The third-order valence-electron chi connectivity index (χ3n) is 6.26. The predicted octanol–water partition coefficient (Wildman–Crippen LogP) is 5.08. The number of benzene rings is 2. The molecule has 12 heteroatoms. The maximum Gasteiger partial charge on any atom is 0.242 e. The van der Waals surface area contributed by atoms with Crippen molar-refractivity contribution in [2.24, 2.45) is 5.92 Å². The Morgan fingerprint density at radius 3 is 2.64 bits per heavy atom. The first kappa shape index (κ1) is 28.9. The average Bonchev–Trinajstić information content (AvgIpc) is 3.46. The summed E-state index contributed by atoms with van der Waals surface area (Å²) in [6.07, 6.45) is 3.70. The van der Waals surface area contributed by atoms with Crippen molar-refractivity contribution < 1.29 is 17.9 Å². The molecule has 0 spiro atoms. The first-order valence-electron chi connectivity index (χ1n) is 12.9. The Labute approximate surface area is 234 Å². The molecule has 1 aliphatic rings. The Bertz CT molecular complexity index is 1380. The summed E-state index contributed by atoms with van der Waals surface area (Å²) in [4.78, 5) is 8.85. The standard InChI is InChI=1S/C27H35ClN6O4S/c1-17(2)15-31-39(35,36)25-10-6-5-8-23(25)32-26-20(28)16-30-27(34-26)33-22-12-11-19(14-24(22)37-4)38-18(3)21-9-7-13-29-21/h5-6,8,10-12,14,16-18,21,29,31H,7,9,13,15H2,1-4H3,(H2,30,32,33,34)/t18-,21?/m0/s1. The van der Waals surface area contributed by atoms with Crippen LogP contribution in [0.2, 0.25) is 5.02 Å². The summed E-state index contributed by atoms with van der Waals surface area (Å²) in [5.74, 6) is 1.91. The van der Waals surface area contributed by atoms with E-state index < -0.39 is 10.0 Å². The number of rotatable bonds is 12. The van der Waals surface area contributed by atoms with Crippen molar-refractivity contribution >= 4 is 44.8 Å². The van der Waals surface area contributed by atoms with Gasteiger partial charge in [-0.3, -0.25) is 0 Å². The SMILES string of the molecule is COc1cc(O[C@@H](C)C2CCCN2)ccc1Nc1ncc(Cl)c(Nc2ccccc2S(=O)(=O)NCC(C)C)n1. The van der Waals surface area contributed by atoms with Gasteiger partial charge in [-0.15, -0.1) is 0 Å². The summed E-state index contributed by atoms with van der Waals surface area (Å²) >= 11 is 6.37. The molecule has 4 rings (SSSR count). The van der Waals surface area contributed by atoms with Gasteiger partial charge in [0.25, 0.3) is 0 Å². The van der Waals surface area contributed by atoms with E-state index in [-0.39, 0.29) is 33.7 Å².